The van der Waals surface area contributed by atoms with Gasteiger partial charge < -0.3 is 5.11 Å². The van der Waals surface area contributed by atoms with Gasteiger partial charge in [0.1, 0.15) is 0 Å². The Labute approximate surface area is 101 Å². The lowest BCUT2D eigenvalue weighted by atomic mass is 9.93. The van der Waals surface area contributed by atoms with Crippen LogP contribution in [0.25, 0.3) is 0 Å². The van der Waals surface area contributed by atoms with Gasteiger partial charge in [-0.05, 0) is 55.2 Å². The summed E-state index contributed by atoms with van der Waals surface area (Å²) in [6, 6.07) is 2.96. The van der Waals surface area contributed by atoms with E-state index in [9.17, 15) is 5.11 Å². The zero-order valence-corrected chi connectivity index (χ0v) is 10.4. The van der Waals surface area contributed by atoms with Gasteiger partial charge in [-0.25, -0.2) is 0 Å². The van der Waals surface area contributed by atoms with Crippen LogP contribution in [-0.2, 0) is 6.42 Å². The fourth-order valence-electron chi connectivity index (χ4n) is 3.14. The number of fused-ring (bicyclic) bond motifs is 1. The Balaban J connectivity index is 1.77. The Morgan fingerprint density at radius 2 is 2.38 bits per heavy atom. The zero-order valence-electron chi connectivity index (χ0n) is 9.56. The smallest absolute Gasteiger partial charge is 0.0471 e. The third-order valence-corrected chi connectivity index (χ3v) is 5.03. The molecule has 16 heavy (non-hydrogen) atoms. The molecule has 2 aliphatic rings. The van der Waals surface area contributed by atoms with E-state index in [1.807, 2.05) is 11.3 Å². The molecule has 3 heteroatoms. The Hall–Kier alpha value is -0.380. The van der Waals surface area contributed by atoms with Gasteiger partial charge in [0.2, 0.25) is 0 Å². The molecule has 1 saturated heterocycles. The van der Waals surface area contributed by atoms with E-state index in [1.54, 1.807) is 10.4 Å². The number of aliphatic hydroxyl groups excluding tert-OH is 1. The van der Waals surface area contributed by atoms with E-state index < -0.39 is 0 Å². The van der Waals surface area contributed by atoms with Crippen LogP contribution in [0.3, 0.4) is 0 Å². The minimum absolute atomic E-state index is 0.361. The normalized spacial score (nSPS) is 30.6. The van der Waals surface area contributed by atoms with Crippen LogP contribution in [0, 0.1) is 5.92 Å². The highest BCUT2D eigenvalue weighted by atomic mass is 32.1. The summed E-state index contributed by atoms with van der Waals surface area (Å²) in [5.41, 5.74) is 1.58. The highest BCUT2D eigenvalue weighted by Gasteiger charge is 2.31. The average molecular weight is 237 g/mol. The summed E-state index contributed by atoms with van der Waals surface area (Å²) in [6.45, 7) is 2.63. The lowest BCUT2D eigenvalue weighted by Crippen LogP contribution is -2.29. The Morgan fingerprint density at radius 3 is 3.19 bits per heavy atom. The molecule has 0 bridgehead atoms. The molecule has 2 atom stereocenters. The van der Waals surface area contributed by atoms with E-state index in [0.29, 0.717) is 18.6 Å². The van der Waals surface area contributed by atoms with Crippen molar-refractivity contribution in [3.05, 3.63) is 21.9 Å². The van der Waals surface area contributed by atoms with E-state index >= 15 is 0 Å². The van der Waals surface area contributed by atoms with Crippen molar-refractivity contribution in [3.8, 4) is 0 Å². The SMILES string of the molecule is OCC1CCN(C2CCCc3sccc32)C1. The monoisotopic (exact) mass is 237 g/mol. The first-order chi connectivity index (χ1) is 7.88. The summed E-state index contributed by atoms with van der Waals surface area (Å²) in [5, 5.41) is 11.5. The maximum atomic E-state index is 9.21. The minimum atomic E-state index is 0.361. The van der Waals surface area contributed by atoms with Crippen LogP contribution in [0.2, 0.25) is 0 Å². The van der Waals surface area contributed by atoms with Crippen LogP contribution in [0.1, 0.15) is 35.7 Å². The van der Waals surface area contributed by atoms with E-state index in [-0.39, 0.29) is 0 Å². The Kier molecular flexibility index (Phi) is 3.01. The number of thiophene rings is 1. The molecule has 1 aliphatic heterocycles. The molecule has 88 valence electrons. The van der Waals surface area contributed by atoms with Gasteiger partial charge in [-0.2, -0.15) is 0 Å². The molecule has 0 saturated carbocycles. The van der Waals surface area contributed by atoms with Crippen LogP contribution in [0.15, 0.2) is 11.4 Å². The highest BCUT2D eigenvalue weighted by molar-refractivity contribution is 7.10. The molecule has 0 radical (unpaired) electrons. The highest BCUT2D eigenvalue weighted by Crippen LogP contribution is 2.39. The average Bonchev–Trinajstić information content (AvgIpc) is 2.97. The zero-order chi connectivity index (χ0) is 11.0. The minimum Gasteiger partial charge on any atom is -0.396 e. The van der Waals surface area contributed by atoms with Crippen LogP contribution >= 0.6 is 11.3 Å². The predicted octanol–water partition coefficient (Wildman–Crippen LogP) is 2.44. The topological polar surface area (TPSA) is 23.5 Å². The largest absolute Gasteiger partial charge is 0.396 e. The molecule has 1 aliphatic carbocycles. The third kappa shape index (κ3) is 1.81. The molecule has 0 amide bonds. The van der Waals surface area contributed by atoms with Crippen LogP contribution in [0.4, 0.5) is 0 Å². The fourth-order valence-corrected chi connectivity index (χ4v) is 4.12. The van der Waals surface area contributed by atoms with Gasteiger partial charge in [-0.3, -0.25) is 4.90 Å². The van der Waals surface area contributed by atoms with Crippen molar-refractivity contribution in [2.75, 3.05) is 19.7 Å². The van der Waals surface area contributed by atoms with E-state index in [2.05, 4.69) is 16.3 Å². The maximum Gasteiger partial charge on any atom is 0.0471 e. The second-order valence-electron chi connectivity index (χ2n) is 5.04. The predicted molar refractivity (Wildman–Crippen MR) is 66.8 cm³/mol. The van der Waals surface area contributed by atoms with Gasteiger partial charge in [0.25, 0.3) is 0 Å². The first kappa shape index (κ1) is 10.8. The van der Waals surface area contributed by atoms with Crippen LogP contribution < -0.4 is 0 Å². The lowest BCUT2D eigenvalue weighted by molar-refractivity contribution is 0.187. The summed E-state index contributed by atoms with van der Waals surface area (Å²) < 4.78 is 0. The van der Waals surface area contributed by atoms with Crippen molar-refractivity contribution in [1.29, 1.82) is 0 Å². The van der Waals surface area contributed by atoms with Gasteiger partial charge in [0.05, 0.1) is 0 Å². The van der Waals surface area contributed by atoms with Gasteiger partial charge in [0, 0.05) is 24.1 Å². The Morgan fingerprint density at radius 1 is 1.44 bits per heavy atom. The van der Waals surface area contributed by atoms with Crippen LogP contribution in [0.5, 0.6) is 0 Å². The summed E-state index contributed by atoms with van der Waals surface area (Å²) >= 11 is 1.92. The first-order valence-corrected chi connectivity index (χ1v) is 7.17. The molecule has 2 nitrogen and oxygen atoms in total. The number of rotatable bonds is 2. The molecule has 2 unspecified atom stereocenters. The maximum absolute atomic E-state index is 9.21. The molecule has 1 fully saturated rings. The van der Waals surface area contributed by atoms with E-state index in [1.165, 1.54) is 32.2 Å². The second-order valence-corrected chi connectivity index (χ2v) is 6.04. The molecule has 2 heterocycles. The molecule has 0 aromatic carbocycles. The molecule has 3 rings (SSSR count). The van der Waals surface area contributed by atoms with Gasteiger partial charge in [-0.15, -0.1) is 11.3 Å². The quantitative estimate of drug-likeness (QED) is 0.854. The number of hydrogen-bond donors (Lipinski definition) is 1. The summed E-state index contributed by atoms with van der Waals surface area (Å²) in [6.07, 6.45) is 5.09. The number of nitrogens with zero attached hydrogens (tertiary/aromatic N) is 1. The molecule has 1 N–H and O–H groups in total. The lowest BCUT2D eigenvalue weighted by Gasteiger charge is -2.31. The van der Waals surface area contributed by atoms with Crippen molar-refractivity contribution in [2.45, 2.75) is 31.7 Å². The van der Waals surface area contributed by atoms with Crippen molar-refractivity contribution < 1.29 is 5.11 Å². The number of aliphatic hydroxyl groups is 1. The first-order valence-electron chi connectivity index (χ1n) is 6.29. The number of likely N-dealkylation sites (tertiary alicyclic amines) is 1. The van der Waals surface area contributed by atoms with E-state index in [4.69, 9.17) is 0 Å². The second kappa shape index (κ2) is 4.47. The number of aryl methyl sites for hydroxylation is 1. The Bertz CT molecular complexity index is 363. The molecule has 0 spiro atoms. The van der Waals surface area contributed by atoms with E-state index in [0.717, 1.165) is 6.54 Å². The summed E-state index contributed by atoms with van der Waals surface area (Å²) in [7, 11) is 0. The van der Waals surface area contributed by atoms with Crippen molar-refractivity contribution in [1.82, 2.24) is 4.90 Å². The summed E-state index contributed by atoms with van der Waals surface area (Å²) in [4.78, 5) is 4.19. The van der Waals surface area contributed by atoms with Crippen LogP contribution in [-0.4, -0.2) is 29.7 Å². The third-order valence-electron chi connectivity index (χ3n) is 4.04. The van der Waals surface area contributed by atoms with Gasteiger partial charge >= 0.3 is 0 Å². The van der Waals surface area contributed by atoms with Gasteiger partial charge in [0.15, 0.2) is 0 Å². The number of hydrogen-bond acceptors (Lipinski definition) is 3. The van der Waals surface area contributed by atoms with Crippen molar-refractivity contribution in [3.63, 3.8) is 0 Å². The molecular formula is C13H19NOS. The molecule has 1 aromatic rings. The van der Waals surface area contributed by atoms with Crippen molar-refractivity contribution >= 4 is 11.3 Å². The molecule has 1 aromatic heterocycles. The summed E-state index contributed by atoms with van der Waals surface area (Å²) in [5.74, 6) is 0.518. The standard InChI is InChI=1S/C13H19NOS/c15-9-10-4-6-14(8-10)12-2-1-3-13-11(12)5-7-16-13/h5,7,10,12,15H,1-4,6,8-9H2. The van der Waals surface area contributed by atoms with Crippen molar-refractivity contribution in [2.24, 2.45) is 5.92 Å². The van der Waals surface area contributed by atoms with Gasteiger partial charge in [-0.1, -0.05) is 0 Å². The molecular weight excluding hydrogens is 218 g/mol. The fraction of sp³-hybridized carbons (Fsp3) is 0.692.